The van der Waals surface area contributed by atoms with Crippen molar-refractivity contribution in [1.29, 1.82) is 0 Å². The highest BCUT2D eigenvalue weighted by Crippen LogP contribution is 2.34. The maximum atomic E-state index is 6.86. The number of nitrogens with two attached hydrogens (primary N) is 1. The second-order valence-electron chi connectivity index (χ2n) is 4.78. The molecule has 0 spiro atoms. The van der Waals surface area contributed by atoms with Crippen molar-refractivity contribution >= 4 is 0 Å². The van der Waals surface area contributed by atoms with Crippen molar-refractivity contribution in [3.8, 4) is 0 Å². The van der Waals surface area contributed by atoms with Crippen LogP contribution >= 0.6 is 0 Å². The van der Waals surface area contributed by atoms with Gasteiger partial charge in [-0.3, -0.25) is 0 Å². The average molecular weight is 263 g/mol. The first kappa shape index (κ1) is 14.3. The van der Waals surface area contributed by atoms with Gasteiger partial charge in [0.15, 0.2) is 0 Å². The predicted octanol–water partition coefficient (Wildman–Crippen LogP) is 4.41. The van der Waals surface area contributed by atoms with Crippen LogP contribution in [0.4, 0.5) is 0 Å². The Morgan fingerprint density at radius 3 is 1.65 bits per heavy atom. The smallest absolute Gasteiger partial charge is 0.0919 e. The molecule has 0 saturated heterocycles. The SMILES string of the molecule is C/C=C\C(=C/C)C(N)(c1ccccc1)c1ccccc1. The quantitative estimate of drug-likeness (QED) is 0.812. The lowest BCUT2D eigenvalue weighted by Crippen LogP contribution is -2.39. The van der Waals surface area contributed by atoms with E-state index in [0.717, 1.165) is 16.7 Å². The molecule has 2 aromatic rings. The molecule has 0 fully saturated rings. The minimum atomic E-state index is -0.621. The second-order valence-corrected chi connectivity index (χ2v) is 4.78. The van der Waals surface area contributed by atoms with Gasteiger partial charge >= 0.3 is 0 Å². The van der Waals surface area contributed by atoms with Gasteiger partial charge in [0.1, 0.15) is 0 Å². The van der Waals surface area contributed by atoms with E-state index in [0.29, 0.717) is 0 Å². The zero-order valence-corrected chi connectivity index (χ0v) is 12.1. The fourth-order valence-electron chi connectivity index (χ4n) is 2.54. The van der Waals surface area contributed by atoms with Gasteiger partial charge in [0, 0.05) is 0 Å². The van der Waals surface area contributed by atoms with Gasteiger partial charge in [-0.25, -0.2) is 0 Å². The number of allylic oxidation sites excluding steroid dienone is 2. The van der Waals surface area contributed by atoms with E-state index < -0.39 is 5.54 Å². The van der Waals surface area contributed by atoms with Crippen molar-refractivity contribution in [2.75, 3.05) is 0 Å². The summed E-state index contributed by atoms with van der Waals surface area (Å²) in [6.07, 6.45) is 6.20. The largest absolute Gasteiger partial charge is 0.314 e. The second kappa shape index (κ2) is 6.36. The van der Waals surface area contributed by atoms with Crippen molar-refractivity contribution < 1.29 is 0 Å². The molecule has 2 rings (SSSR count). The summed E-state index contributed by atoms with van der Waals surface area (Å²) in [5.41, 5.74) is 9.53. The molecule has 2 N–H and O–H groups in total. The Kier molecular flexibility index (Phi) is 4.54. The van der Waals surface area contributed by atoms with Gasteiger partial charge in [-0.1, -0.05) is 78.9 Å². The molecule has 0 aliphatic carbocycles. The molecule has 1 nitrogen and oxygen atoms in total. The van der Waals surface area contributed by atoms with Gasteiger partial charge in [0.25, 0.3) is 0 Å². The Balaban J connectivity index is 2.67. The van der Waals surface area contributed by atoms with Crippen LogP contribution < -0.4 is 5.73 Å². The number of rotatable bonds is 4. The minimum absolute atomic E-state index is 0.621. The first-order valence-electron chi connectivity index (χ1n) is 6.93. The topological polar surface area (TPSA) is 26.0 Å². The number of benzene rings is 2. The highest BCUT2D eigenvalue weighted by Gasteiger charge is 2.31. The van der Waals surface area contributed by atoms with E-state index in [1.165, 1.54) is 0 Å². The monoisotopic (exact) mass is 263 g/mol. The van der Waals surface area contributed by atoms with Crippen molar-refractivity contribution in [3.05, 3.63) is 95.6 Å². The van der Waals surface area contributed by atoms with Crippen LogP contribution in [0.3, 0.4) is 0 Å². The molecule has 0 atom stereocenters. The van der Waals surface area contributed by atoms with Gasteiger partial charge in [-0.15, -0.1) is 0 Å². The minimum Gasteiger partial charge on any atom is -0.314 e. The highest BCUT2D eigenvalue weighted by atomic mass is 14.8. The summed E-state index contributed by atoms with van der Waals surface area (Å²) in [5, 5.41) is 0. The van der Waals surface area contributed by atoms with E-state index in [1.807, 2.05) is 56.3 Å². The maximum Gasteiger partial charge on any atom is 0.0919 e. The molecule has 20 heavy (non-hydrogen) atoms. The van der Waals surface area contributed by atoms with Crippen LogP contribution in [0.1, 0.15) is 25.0 Å². The zero-order valence-electron chi connectivity index (χ0n) is 12.1. The molecule has 0 aliphatic heterocycles. The van der Waals surface area contributed by atoms with Gasteiger partial charge in [-0.05, 0) is 30.5 Å². The molecule has 1 heteroatoms. The number of hydrogen-bond donors (Lipinski definition) is 1. The van der Waals surface area contributed by atoms with Gasteiger partial charge in [0.2, 0.25) is 0 Å². The summed E-state index contributed by atoms with van der Waals surface area (Å²) in [6.45, 7) is 4.04. The fourth-order valence-corrected chi connectivity index (χ4v) is 2.54. The average Bonchev–Trinajstić information content (AvgIpc) is 2.53. The molecule has 0 heterocycles. The molecule has 0 radical (unpaired) electrons. The summed E-state index contributed by atoms with van der Waals surface area (Å²) < 4.78 is 0. The Morgan fingerprint density at radius 2 is 1.30 bits per heavy atom. The summed E-state index contributed by atoms with van der Waals surface area (Å²) in [4.78, 5) is 0. The van der Waals surface area contributed by atoms with Gasteiger partial charge < -0.3 is 5.73 Å². The Hall–Kier alpha value is -2.12. The van der Waals surface area contributed by atoms with Crippen LogP contribution in [-0.2, 0) is 5.54 Å². The molecule has 102 valence electrons. The molecule has 0 saturated carbocycles. The normalized spacial score (nSPS) is 12.8. The van der Waals surface area contributed by atoms with Crippen LogP contribution in [0.15, 0.2) is 84.5 Å². The third kappa shape index (κ3) is 2.59. The zero-order chi connectivity index (χ0) is 14.4. The van der Waals surface area contributed by atoms with Crippen LogP contribution in [-0.4, -0.2) is 0 Å². The van der Waals surface area contributed by atoms with E-state index in [9.17, 15) is 0 Å². The van der Waals surface area contributed by atoms with Crippen molar-refractivity contribution in [2.45, 2.75) is 19.4 Å². The van der Waals surface area contributed by atoms with Crippen LogP contribution in [0, 0.1) is 0 Å². The Morgan fingerprint density at radius 1 is 0.850 bits per heavy atom. The van der Waals surface area contributed by atoms with E-state index in [1.54, 1.807) is 0 Å². The Bertz CT molecular complexity index is 555. The molecule has 2 aromatic carbocycles. The first-order valence-corrected chi connectivity index (χ1v) is 6.93. The van der Waals surface area contributed by atoms with Crippen molar-refractivity contribution in [2.24, 2.45) is 5.73 Å². The third-order valence-corrected chi connectivity index (χ3v) is 3.57. The summed E-state index contributed by atoms with van der Waals surface area (Å²) in [6, 6.07) is 20.5. The predicted molar refractivity (Wildman–Crippen MR) is 86.4 cm³/mol. The van der Waals surface area contributed by atoms with Crippen molar-refractivity contribution in [1.82, 2.24) is 0 Å². The lowest BCUT2D eigenvalue weighted by molar-refractivity contribution is 0.650. The fraction of sp³-hybridized carbons (Fsp3) is 0.158. The summed E-state index contributed by atoms with van der Waals surface area (Å²) in [5.74, 6) is 0. The maximum absolute atomic E-state index is 6.86. The molecule has 0 aliphatic rings. The van der Waals surface area contributed by atoms with E-state index in [2.05, 4.69) is 36.4 Å². The summed E-state index contributed by atoms with van der Waals surface area (Å²) in [7, 11) is 0. The van der Waals surface area contributed by atoms with E-state index in [4.69, 9.17) is 5.73 Å². The van der Waals surface area contributed by atoms with Crippen molar-refractivity contribution in [3.63, 3.8) is 0 Å². The third-order valence-electron chi connectivity index (χ3n) is 3.57. The lowest BCUT2D eigenvalue weighted by atomic mass is 9.77. The van der Waals surface area contributed by atoms with Gasteiger partial charge in [0.05, 0.1) is 5.54 Å². The number of hydrogen-bond acceptors (Lipinski definition) is 1. The Labute approximate surface area is 121 Å². The first-order chi connectivity index (χ1) is 9.73. The molecule has 0 bridgehead atoms. The molecule has 0 aromatic heterocycles. The standard InChI is InChI=1S/C19H21N/c1-3-11-16(4-2)19(20,17-12-7-5-8-13-17)18-14-9-6-10-15-18/h3-15H,20H2,1-2H3/b11-3-,16-4+. The molecular formula is C19H21N. The summed E-state index contributed by atoms with van der Waals surface area (Å²) >= 11 is 0. The van der Waals surface area contributed by atoms with E-state index in [-0.39, 0.29) is 0 Å². The van der Waals surface area contributed by atoms with Crippen LogP contribution in [0.2, 0.25) is 0 Å². The molecule has 0 unspecified atom stereocenters. The van der Waals surface area contributed by atoms with Crippen LogP contribution in [0.25, 0.3) is 0 Å². The molecular weight excluding hydrogens is 242 g/mol. The van der Waals surface area contributed by atoms with E-state index >= 15 is 0 Å². The van der Waals surface area contributed by atoms with Crippen LogP contribution in [0.5, 0.6) is 0 Å². The lowest BCUT2D eigenvalue weighted by Gasteiger charge is -2.32. The highest BCUT2D eigenvalue weighted by molar-refractivity contribution is 5.50. The van der Waals surface area contributed by atoms with Gasteiger partial charge in [-0.2, -0.15) is 0 Å². The molecule has 0 amide bonds.